The molecule has 0 saturated carbocycles. The van der Waals surface area contributed by atoms with Crippen LogP contribution >= 0.6 is 0 Å². The number of carbonyl (C=O) groups is 3. The van der Waals surface area contributed by atoms with E-state index in [1.807, 2.05) is 0 Å². The van der Waals surface area contributed by atoms with Crippen molar-refractivity contribution in [3.05, 3.63) is 48.6 Å². The lowest BCUT2D eigenvalue weighted by Crippen LogP contribution is -2.30. The van der Waals surface area contributed by atoms with E-state index in [2.05, 4.69) is 69.4 Å². The Morgan fingerprint density at radius 2 is 0.656 bits per heavy atom. The van der Waals surface area contributed by atoms with Crippen molar-refractivity contribution in [2.24, 2.45) is 0 Å². The lowest BCUT2D eigenvalue weighted by molar-refractivity contribution is -0.167. The van der Waals surface area contributed by atoms with Crippen LogP contribution in [0.4, 0.5) is 0 Å². The Morgan fingerprint density at radius 1 is 0.344 bits per heavy atom. The second-order valence-electron chi connectivity index (χ2n) is 17.4. The predicted molar refractivity (Wildman–Crippen MR) is 261 cm³/mol. The van der Waals surface area contributed by atoms with E-state index < -0.39 is 6.10 Å². The minimum Gasteiger partial charge on any atom is -0.462 e. The summed E-state index contributed by atoms with van der Waals surface area (Å²) >= 11 is 0. The maximum absolute atomic E-state index is 12.8. The van der Waals surface area contributed by atoms with E-state index in [1.165, 1.54) is 154 Å². The lowest BCUT2D eigenvalue weighted by atomic mass is 10.0. The van der Waals surface area contributed by atoms with E-state index in [4.69, 9.17) is 14.2 Å². The third kappa shape index (κ3) is 48.3. The monoisotopic (exact) mass is 855 g/mol. The summed E-state index contributed by atoms with van der Waals surface area (Å²) in [5, 5.41) is 0. The minimum absolute atomic E-state index is 0.0887. The first kappa shape index (κ1) is 58.4. The van der Waals surface area contributed by atoms with Crippen molar-refractivity contribution < 1.29 is 28.6 Å². The fourth-order valence-electron chi connectivity index (χ4n) is 7.40. The number of ether oxygens (including phenoxy) is 3. The van der Waals surface area contributed by atoms with Crippen LogP contribution < -0.4 is 0 Å². The Morgan fingerprint density at radius 3 is 1.08 bits per heavy atom. The largest absolute Gasteiger partial charge is 0.462 e. The number of hydrogen-bond donors (Lipinski definition) is 0. The molecule has 61 heavy (non-hydrogen) atoms. The lowest BCUT2D eigenvalue weighted by Gasteiger charge is -2.18. The van der Waals surface area contributed by atoms with Gasteiger partial charge in [0.2, 0.25) is 0 Å². The summed E-state index contributed by atoms with van der Waals surface area (Å²) < 4.78 is 16.7. The Hall–Kier alpha value is -2.63. The molecule has 0 saturated heterocycles. The van der Waals surface area contributed by atoms with Gasteiger partial charge in [0.1, 0.15) is 13.2 Å². The Labute approximate surface area is 378 Å². The zero-order valence-electron chi connectivity index (χ0n) is 40.4. The first-order valence-electron chi connectivity index (χ1n) is 26.1. The van der Waals surface area contributed by atoms with E-state index in [0.717, 1.165) is 64.2 Å². The van der Waals surface area contributed by atoms with Crippen LogP contribution in [-0.4, -0.2) is 37.2 Å². The molecule has 0 aliphatic rings. The van der Waals surface area contributed by atoms with E-state index in [1.54, 1.807) is 0 Å². The summed E-state index contributed by atoms with van der Waals surface area (Å²) in [5.74, 6) is -0.941. The topological polar surface area (TPSA) is 78.9 Å². The molecule has 0 aromatic carbocycles. The normalized spacial score (nSPS) is 12.4. The zero-order chi connectivity index (χ0) is 44.4. The van der Waals surface area contributed by atoms with Crippen LogP contribution in [0.2, 0.25) is 0 Å². The average molecular weight is 855 g/mol. The van der Waals surface area contributed by atoms with Gasteiger partial charge in [-0.2, -0.15) is 0 Å². The second kappa shape index (κ2) is 50.0. The molecule has 1 atom stereocenters. The molecule has 0 amide bonds. The molecule has 0 fully saturated rings. The van der Waals surface area contributed by atoms with Gasteiger partial charge in [-0.25, -0.2) is 0 Å². The Kier molecular flexibility index (Phi) is 47.9. The van der Waals surface area contributed by atoms with Gasteiger partial charge < -0.3 is 14.2 Å². The Balaban J connectivity index is 4.37. The van der Waals surface area contributed by atoms with Crippen molar-refractivity contribution in [3.63, 3.8) is 0 Å². The predicted octanol–water partition coefficient (Wildman–Crippen LogP) is 17.1. The quantitative estimate of drug-likeness (QED) is 0.0263. The molecule has 0 spiro atoms. The summed E-state index contributed by atoms with van der Waals surface area (Å²) in [7, 11) is 0. The van der Waals surface area contributed by atoms with Gasteiger partial charge in [-0.3, -0.25) is 14.4 Å². The van der Waals surface area contributed by atoms with Gasteiger partial charge in [-0.15, -0.1) is 0 Å². The number of esters is 3. The number of unbranched alkanes of at least 4 members (excludes halogenated alkanes) is 28. The SMILES string of the molecule is CC/C=C\C/C=C\C/C=C\CCCC(=O)OCC(COC(=O)CCCCCCCCC/C=C\CCCCCCCC)OC(=O)CCCCCCCCCCCCCCCCC. The molecule has 0 heterocycles. The summed E-state index contributed by atoms with van der Waals surface area (Å²) in [5.41, 5.74) is 0. The van der Waals surface area contributed by atoms with E-state index in [0.29, 0.717) is 19.3 Å². The van der Waals surface area contributed by atoms with E-state index >= 15 is 0 Å². The number of rotatable bonds is 47. The van der Waals surface area contributed by atoms with Crippen LogP contribution in [0.15, 0.2) is 48.6 Å². The van der Waals surface area contributed by atoms with E-state index in [9.17, 15) is 14.4 Å². The maximum Gasteiger partial charge on any atom is 0.306 e. The summed E-state index contributed by atoms with van der Waals surface area (Å²) in [6.45, 7) is 6.48. The summed E-state index contributed by atoms with van der Waals surface area (Å²) in [4.78, 5) is 37.9. The number of hydrogen-bond acceptors (Lipinski definition) is 6. The first-order chi connectivity index (χ1) is 30.0. The summed E-state index contributed by atoms with van der Waals surface area (Å²) in [6.07, 6.45) is 59.6. The molecule has 0 aromatic rings. The van der Waals surface area contributed by atoms with Crippen LogP contribution in [0, 0.1) is 0 Å². The molecule has 0 aromatic heterocycles. The Bertz CT molecular complexity index is 1070. The van der Waals surface area contributed by atoms with Crippen LogP contribution in [0.25, 0.3) is 0 Å². The highest BCUT2D eigenvalue weighted by Gasteiger charge is 2.19. The highest BCUT2D eigenvalue weighted by Crippen LogP contribution is 2.15. The van der Waals surface area contributed by atoms with Crippen molar-refractivity contribution in [2.45, 2.75) is 271 Å². The van der Waals surface area contributed by atoms with Gasteiger partial charge >= 0.3 is 17.9 Å². The van der Waals surface area contributed by atoms with Crippen molar-refractivity contribution in [1.29, 1.82) is 0 Å². The van der Waals surface area contributed by atoms with Crippen molar-refractivity contribution in [3.8, 4) is 0 Å². The number of allylic oxidation sites excluding steroid dienone is 8. The molecule has 0 aliphatic carbocycles. The van der Waals surface area contributed by atoms with Crippen molar-refractivity contribution in [2.75, 3.05) is 13.2 Å². The van der Waals surface area contributed by atoms with Crippen LogP contribution in [0.5, 0.6) is 0 Å². The highest BCUT2D eigenvalue weighted by atomic mass is 16.6. The van der Waals surface area contributed by atoms with Crippen molar-refractivity contribution >= 4 is 17.9 Å². The molecule has 0 N–H and O–H groups in total. The van der Waals surface area contributed by atoms with Crippen molar-refractivity contribution in [1.82, 2.24) is 0 Å². The molecule has 0 aliphatic heterocycles. The smallest absolute Gasteiger partial charge is 0.306 e. The van der Waals surface area contributed by atoms with E-state index in [-0.39, 0.29) is 37.5 Å². The van der Waals surface area contributed by atoms with Gasteiger partial charge in [-0.1, -0.05) is 223 Å². The zero-order valence-corrected chi connectivity index (χ0v) is 40.4. The molecule has 0 radical (unpaired) electrons. The van der Waals surface area contributed by atoms with Gasteiger partial charge in [0, 0.05) is 19.3 Å². The molecule has 0 bridgehead atoms. The van der Waals surface area contributed by atoms with Crippen LogP contribution in [0.3, 0.4) is 0 Å². The molecule has 6 heteroatoms. The molecular weight excluding hydrogens is 757 g/mol. The fraction of sp³-hybridized carbons (Fsp3) is 0.800. The highest BCUT2D eigenvalue weighted by molar-refractivity contribution is 5.71. The van der Waals surface area contributed by atoms with Gasteiger partial charge in [0.25, 0.3) is 0 Å². The van der Waals surface area contributed by atoms with Gasteiger partial charge in [0.05, 0.1) is 0 Å². The maximum atomic E-state index is 12.8. The molecule has 0 rings (SSSR count). The number of carbonyl (C=O) groups excluding carboxylic acids is 3. The molecule has 1 unspecified atom stereocenters. The fourth-order valence-corrected chi connectivity index (χ4v) is 7.40. The third-order valence-electron chi connectivity index (χ3n) is 11.3. The summed E-state index contributed by atoms with van der Waals surface area (Å²) in [6, 6.07) is 0. The molecule has 6 nitrogen and oxygen atoms in total. The van der Waals surface area contributed by atoms with Gasteiger partial charge in [-0.05, 0) is 70.6 Å². The first-order valence-corrected chi connectivity index (χ1v) is 26.1. The van der Waals surface area contributed by atoms with Crippen LogP contribution in [-0.2, 0) is 28.6 Å². The molecule has 354 valence electrons. The van der Waals surface area contributed by atoms with Crippen LogP contribution in [0.1, 0.15) is 265 Å². The third-order valence-corrected chi connectivity index (χ3v) is 11.3. The second-order valence-corrected chi connectivity index (χ2v) is 17.4. The standard InChI is InChI=1S/C55H98O6/c1-4-7-10-13-16-19-22-24-26-27-29-30-33-36-39-42-45-48-54(57)60-51-52(50-59-53(56)47-44-41-38-35-32-21-18-15-12-9-6-3)61-55(58)49-46-43-40-37-34-31-28-25-23-20-17-14-11-8-5-2/h9,12,18,21,24,26,35,38,52H,4-8,10-11,13-17,19-20,22-23,25,27-34,36-37,39-51H2,1-3H3/b12-9-,21-18-,26-24-,38-35-. The minimum atomic E-state index is -0.791. The molecular formula is C55H98O6. The average Bonchev–Trinajstić information content (AvgIpc) is 3.26. The van der Waals surface area contributed by atoms with Gasteiger partial charge in [0.15, 0.2) is 6.10 Å².